The van der Waals surface area contributed by atoms with Gasteiger partial charge in [0.1, 0.15) is 0 Å². The summed E-state index contributed by atoms with van der Waals surface area (Å²) in [6.45, 7) is 1.41. The lowest BCUT2D eigenvalue weighted by Crippen LogP contribution is -2.44. The van der Waals surface area contributed by atoms with Gasteiger partial charge in [-0.2, -0.15) is 0 Å². The first-order valence-corrected chi connectivity index (χ1v) is 8.10. The minimum absolute atomic E-state index is 0.0986. The van der Waals surface area contributed by atoms with Gasteiger partial charge in [0, 0.05) is 36.9 Å². The summed E-state index contributed by atoms with van der Waals surface area (Å²) in [5.74, 6) is 0.170. The maximum atomic E-state index is 12.7. The molecule has 1 aromatic heterocycles. The first-order valence-electron chi connectivity index (χ1n) is 7.22. The maximum Gasteiger partial charge on any atom is 0.226 e. The maximum absolute atomic E-state index is 12.7. The van der Waals surface area contributed by atoms with Crippen LogP contribution in [0.15, 0.2) is 17.5 Å². The highest BCUT2D eigenvalue weighted by molar-refractivity contribution is 7.09. The average Bonchev–Trinajstić information content (AvgIpc) is 3.15. The Hall–Kier alpha value is -1.36. The normalized spacial score (nSPS) is 22.9. The quantitative estimate of drug-likeness (QED) is 0.853. The van der Waals surface area contributed by atoms with Crippen molar-refractivity contribution in [1.29, 1.82) is 0 Å². The zero-order chi connectivity index (χ0) is 14.1. The molecule has 1 atom stereocenters. The van der Waals surface area contributed by atoms with E-state index < -0.39 is 0 Å². The Morgan fingerprint density at radius 3 is 2.85 bits per heavy atom. The van der Waals surface area contributed by atoms with E-state index in [4.69, 9.17) is 0 Å². The SMILES string of the molecule is CN1CC[C@H](C(=O)N(Cc2cccs2)C2CC2)CC1=O. The van der Waals surface area contributed by atoms with Gasteiger partial charge in [-0.25, -0.2) is 0 Å². The van der Waals surface area contributed by atoms with E-state index in [0.717, 1.165) is 19.3 Å². The number of amides is 2. The minimum Gasteiger partial charge on any atom is -0.346 e. The predicted octanol–water partition coefficient (Wildman–Crippen LogP) is 2.11. The second-order valence-electron chi connectivity index (χ2n) is 5.78. The number of piperidine rings is 1. The van der Waals surface area contributed by atoms with Gasteiger partial charge >= 0.3 is 0 Å². The number of hydrogen-bond donors (Lipinski definition) is 0. The molecule has 1 aromatic rings. The number of nitrogens with zero attached hydrogens (tertiary/aromatic N) is 2. The molecule has 2 fully saturated rings. The standard InChI is InChI=1S/C15H20N2O2S/c1-16-7-6-11(9-14(16)18)15(19)17(12-4-5-12)10-13-3-2-8-20-13/h2-3,8,11-12H,4-7,9-10H2,1H3/t11-/m0/s1. The molecule has 0 unspecified atom stereocenters. The van der Waals surface area contributed by atoms with E-state index >= 15 is 0 Å². The molecular weight excluding hydrogens is 272 g/mol. The third kappa shape index (κ3) is 2.87. The molecule has 20 heavy (non-hydrogen) atoms. The Labute approximate surface area is 123 Å². The molecule has 0 bridgehead atoms. The Morgan fingerprint density at radius 1 is 1.45 bits per heavy atom. The minimum atomic E-state index is -0.112. The lowest BCUT2D eigenvalue weighted by Gasteiger charge is -2.32. The average molecular weight is 292 g/mol. The Balaban J connectivity index is 1.68. The van der Waals surface area contributed by atoms with Crippen LogP contribution in [0.5, 0.6) is 0 Å². The van der Waals surface area contributed by atoms with E-state index in [0.29, 0.717) is 25.6 Å². The van der Waals surface area contributed by atoms with Crippen molar-refractivity contribution in [1.82, 2.24) is 9.80 Å². The van der Waals surface area contributed by atoms with Crippen LogP contribution in [0.2, 0.25) is 0 Å². The first kappa shape index (κ1) is 13.6. The van der Waals surface area contributed by atoms with Gasteiger partial charge in [-0.3, -0.25) is 9.59 Å². The van der Waals surface area contributed by atoms with Gasteiger partial charge in [-0.05, 0) is 30.7 Å². The topological polar surface area (TPSA) is 40.6 Å². The summed E-state index contributed by atoms with van der Waals surface area (Å²) in [6.07, 6.45) is 3.40. The number of rotatable bonds is 4. The molecule has 5 heteroatoms. The second kappa shape index (κ2) is 5.56. The van der Waals surface area contributed by atoms with Gasteiger partial charge in [0.25, 0.3) is 0 Å². The van der Waals surface area contributed by atoms with Crippen LogP contribution in [0.1, 0.15) is 30.6 Å². The van der Waals surface area contributed by atoms with Gasteiger partial charge < -0.3 is 9.80 Å². The van der Waals surface area contributed by atoms with E-state index in [-0.39, 0.29) is 17.7 Å². The summed E-state index contributed by atoms with van der Waals surface area (Å²) in [4.78, 5) is 29.5. The first-order chi connectivity index (χ1) is 9.65. The van der Waals surface area contributed by atoms with E-state index in [1.54, 1.807) is 16.2 Å². The van der Waals surface area contributed by atoms with Gasteiger partial charge in [-0.1, -0.05) is 6.07 Å². The van der Waals surface area contributed by atoms with Crippen molar-refractivity contribution >= 4 is 23.2 Å². The van der Waals surface area contributed by atoms with Crippen LogP contribution in [0.4, 0.5) is 0 Å². The fourth-order valence-electron chi connectivity index (χ4n) is 2.73. The molecule has 108 valence electrons. The van der Waals surface area contributed by atoms with Crippen LogP contribution in [-0.2, 0) is 16.1 Å². The van der Waals surface area contributed by atoms with E-state index in [9.17, 15) is 9.59 Å². The molecule has 1 saturated heterocycles. The Morgan fingerprint density at radius 2 is 2.25 bits per heavy atom. The van der Waals surface area contributed by atoms with Crippen molar-refractivity contribution in [2.24, 2.45) is 5.92 Å². The molecule has 0 spiro atoms. The number of carbonyl (C=O) groups excluding carboxylic acids is 2. The van der Waals surface area contributed by atoms with Crippen molar-refractivity contribution in [2.45, 2.75) is 38.3 Å². The fraction of sp³-hybridized carbons (Fsp3) is 0.600. The molecule has 2 amide bonds. The Bertz CT molecular complexity index is 496. The lowest BCUT2D eigenvalue weighted by atomic mass is 9.95. The summed E-state index contributed by atoms with van der Waals surface area (Å²) >= 11 is 1.69. The van der Waals surface area contributed by atoms with Crippen LogP contribution in [-0.4, -0.2) is 41.2 Å². The highest BCUT2D eigenvalue weighted by atomic mass is 32.1. The van der Waals surface area contributed by atoms with Crippen LogP contribution in [0.25, 0.3) is 0 Å². The predicted molar refractivity (Wildman–Crippen MR) is 78.3 cm³/mol. The molecule has 0 radical (unpaired) electrons. The zero-order valence-corrected chi connectivity index (χ0v) is 12.6. The molecule has 1 aliphatic carbocycles. The number of carbonyl (C=O) groups is 2. The summed E-state index contributed by atoms with van der Waals surface area (Å²) in [5, 5.41) is 2.05. The van der Waals surface area contributed by atoms with E-state index in [2.05, 4.69) is 6.07 Å². The molecule has 3 rings (SSSR count). The third-order valence-electron chi connectivity index (χ3n) is 4.19. The highest BCUT2D eigenvalue weighted by Crippen LogP contribution is 2.32. The molecule has 0 N–H and O–H groups in total. The van der Waals surface area contributed by atoms with Crippen LogP contribution >= 0.6 is 11.3 Å². The zero-order valence-electron chi connectivity index (χ0n) is 11.7. The summed E-state index contributed by atoms with van der Waals surface area (Å²) in [7, 11) is 1.81. The van der Waals surface area contributed by atoms with E-state index in [1.165, 1.54) is 4.88 Å². The molecule has 1 aliphatic heterocycles. The number of likely N-dealkylation sites (tertiary alicyclic amines) is 1. The summed E-state index contributed by atoms with van der Waals surface area (Å²) < 4.78 is 0. The molecule has 0 aromatic carbocycles. The second-order valence-corrected chi connectivity index (χ2v) is 6.81. The fourth-order valence-corrected chi connectivity index (χ4v) is 3.43. The molecule has 2 heterocycles. The summed E-state index contributed by atoms with van der Waals surface area (Å²) in [5.41, 5.74) is 0. The van der Waals surface area contributed by atoms with Crippen LogP contribution in [0.3, 0.4) is 0 Å². The van der Waals surface area contributed by atoms with Gasteiger partial charge in [-0.15, -0.1) is 11.3 Å². The van der Waals surface area contributed by atoms with Crippen molar-refractivity contribution in [2.75, 3.05) is 13.6 Å². The van der Waals surface area contributed by atoms with Crippen molar-refractivity contribution in [3.05, 3.63) is 22.4 Å². The molecule has 4 nitrogen and oxygen atoms in total. The van der Waals surface area contributed by atoms with Gasteiger partial charge in [0.05, 0.1) is 6.54 Å². The number of hydrogen-bond acceptors (Lipinski definition) is 3. The molecular formula is C15H20N2O2S. The highest BCUT2D eigenvalue weighted by Gasteiger charge is 2.38. The van der Waals surface area contributed by atoms with Crippen LogP contribution in [0, 0.1) is 5.92 Å². The molecule has 2 aliphatic rings. The third-order valence-corrected chi connectivity index (χ3v) is 5.05. The van der Waals surface area contributed by atoms with Crippen molar-refractivity contribution in [3.63, 3.8) is 0 Å². The van der Waals surface area contributed by atoms with Gasteiger partial charge in [0.15, 0.2) is 0 Å². The lowest BCUT2D eigenvalue weighted by molar-refractivity contribution is -0.145. The summed E-state index contributed by atoms with van der Waals surface area (Å²) in [6, 6.07) is 4.50. The van der Waals surface area contributed by atoms with Gasteiger partial charge in [0.2, 0.25) is 11.8 Å². The van der Waals surface area contributed by atoms with E-state index in [1.807, 2.05) is 23.4 Å². The van der Waals surface area contributed by atoms with Crippen molar-refractivity contribution < 1.29 is 9.59 Å². The number of thiophene rings is 1. The Kier molecular flexibility index (Phi) is 3.78. The largest absolute Gasteiger partial charge is 0.346 e. The smallest absolute Gasteiger partial charge is 0.226 e. The van der Waals surface area contributed by atoms with Crippen molar-refractivity contribution in [3.8, 4) is 0 Å². The van der Waals surface area contributed by atoms with Crippen LogP contribution < -0.4 is 0 Å². The monoisotopic (exact) mass is 292 g/mol. The molecule has 1 saturated carbocycles.